The lowest BCUT2D eigenvalue weighted by atomic mass is 9.93. The lowest BCUT2D eigenvalue weighted by Gasteiger charge is -2.17. The number of hydrogen-bond acceptors (Lipinski definition) is 2. The molecule has 0 heterocycles. The molecule has 0 unspecified atom stereocenters. The van der Waals surface area contributed by atoms with E-state index < -0.39 is 5.60 Å². The molecule has 0 saturated heterocycles. The van der Waals surface area contributed by atoms with Gasteiger partial charge in [0.05, 0.1) is 5.60 Å². The molecule has 0 aromatic heterocycles. The van der Waals surface area contributed by atoms with Crippen LogP contribution in [0, 0.1) is 20.8 Å². The van der Waals surface area contributed by atoms with Gasteiger partial charge in [0.1, 0.15) is 5.75 Å². The Morgan fingerprint density at radius 1 is 1.14 bits per heavy atom. The summed E-state index contributed by atoms with van der Waals surface area (Å²) in [5.41, 5.74) is 3.08. The minimum Gasteiger partial charge on any atom is -0.507 e. The van der Waals surface area contributed by atoms with Crippen molar-refractivity contribution in [2.75, 3.05) is 0 Å². The molecule has 0 bridgehead atoms. The molecule has 0 atom stereocenters. The highest BCUT2D eigenvalue weighted by Crippen LogP contribution is 2.49. The molecule has 2 N–H and O–H groups in total. The minimum atomic E-state index is -0.653. The van der Waals surface area contributed by atoms with E-state index in [1.54, 1.807) is 0 Å². The van der Waals surface area contributed by atoms with E-state index in [0.29, 0.717) is 5.75 Å². The number of aliphatic hydroxyl groups is 1. The van der Waals surface area contributed by atoms with Crippen molar-refractivity contribution in [2.45, 2.75) is 39.2 Å². The van der Waals surface area contributed by atoms with Gasteiger partial charge >= 0.3 is 0 Å². The quantitative estimate of drug-likeness (QED) is 0.716. The molecule has 2 heteroatoms. The fourth-order valence-corrected chi connectivity index (χ4v) is 2.26. The number of rotatable bonds is 1. The van der Waals surface area contributed by atoms with Crippen LogP contribution in [-0.4, -0.2) is 10.2 Å². The molecule has 14 heavy (non-hydrogen) atoms. The number of aryl methyl sites for hydroxylation is 2. The summed E-state index contributed by atoms with van der Waals surface area (Å²) in [6, 6.07) is 1.94. The van der Waals surface area contributed by atoms with Crippen LogP contribution in [-0.2, 0) is 5.60 Å². The van der Waals surface area contributed by atoms with Gasteiger partial charge in [0.2, 0.25) is 0 Å². The summed E-state index contributed by atoms with van der Waals surface area (Å²) in [6.07, 6.45) is 1.63. The topological polar surface area (TPSA) is 40.5 Å². The molecule has 1 aromatic carbocycles. The van der Waals surface area contributed by atoms with Crippen molar-refractivity contribution in [3.63, 3.8) is 0 Å². The molecular weight excluding hydrogens is 176 g/mol. The second-order valence-corrected chi connectivity index (χ2v) is 4.39. The number of phenols is 1. The van der Waals surface area contributed by atoms with Crippen LogP contribution < -0.4 is 0 Å². The van der Waals surface area contributed by atoms with Gasteiger partial charge in [-0.25, -0.2) is 0 Å². The molecular formula is C12H16O2. The van der Waals surface area contributed by atoms with E-state index in [1.165, 1.54) is 0 Å². The molecule has 0 radical (unpaired) electrons. The first-order valence-corrected chi connectivity index (χ1v) is 4.98. The predicted octanol–water partition coefficient (Wildman–Crippen LogP) is 2.30. The molecule has 1 fully saturated rings. The maximum atomic E-state index is 10.1. The van der Waals surface area contributed by atoms with Gasteiger partial charge in [-0.1, -0.05) is 6.07 Å². The van der Waals surface area contributed by atoms with Crippen molar-refractivity contribution < 1.29 is 10.2 Å². The summed E-state index contributed by atoms with van der Waals surface area (Å²) < 4.78 is 0. The Labute approximate surface area is 84.2 Å². The molecule has 2 nitrogen and oxygen atoms in total. The van der Waals surface area contributed by atoms with Crippen molar-refractivity contribution in [1.29, 1.82) is 0 Å². The van der Waals surface area contributed by atoms with E-state index in [2.05, 4.69) is 0 Å². The monoisotopic (exact) mass is 192 g/mol. The number of aromatic hydroxyl groups is 1. The molecule has 0 spiro atoms. The Kier molecular flexibility index (Phi) is 1.86. The fraction of sp³-hybridized carbons (Fsp3) is 0.500. The number of phenolic OH excluding ortho intramolecular Hbond substituents is 1. The largest absolute Gasteiger partial charge is 0.507 e. The highest BCUT2D eigenvalue weighted by atomic mass is 16.3. The number of hydrogen-bond donors (Lipinski definition) is 2. The second-order valence-electron chi connectivity index (χ2n) is 4.39. The van der Waals surface area contributed by atoms with Crippen LogP contribution in [0.2, 0.25) is 0 Å². The molecule has 76 valence electrons. The lowest BCUT2D eigenvalue weighted by molar-refractivity contribution is 0.149. The molecule has 1 saturated carbocycles. The van der Waals surface area contributed by atoms with Crippen molar-refractivity contribution in [2.24, 2.45) is 0 Å². The summed E-state index contributed by atoms with van der Waals surface area (Å²) >= 11 is 0. The smallest absolute Gasteiger partial charge is 0.121 e. The van der Waals surface area contributed by atoms with Gasteiger partial charge in [-0.15, -0.1) is 0 Å². The maximum absolute atomic E-state index is 10.1. The molecule has 1 aliphatic rings. The van der Waals surface area contributed by atoms with Crippen LogP contribution >= 0.6 is 0 Å². The van der Waals surface area contributed by atoms with Crippen LogP contribution in [0.1, 0.15) is 35.1 Å². The van der Waals surface area contributed by atoms with E-state index in [9.17, 15) is 10.2 Å². The molecule has 0 aliphatic heterocycles. The van der Waals surface area contributed by atoms with Gasteiger partial charge in [0.15, 0.2) is 0 Å². The van der Waals surface area contributed by atoms with Gasteiger partial charge in [0.25, 0.3) is 0 Å². The Balaban J connectivity index is 2.65. The Bertz CT molecular complexity index is 390. The molecule has 0 amide bonds. The minimum absolute atomic E-state index is 0.325. The van der Waals surface area contributed by atoms with Crippen molar-refractivity contribution in [3.05, 3.63) is 28.3 Å². The van der Waals surface area contributed by atoms with Crippen molar-refractivity contribution in [1.82, 2.24) is 0 Å². The first-order valence-electron chi connectivity index (χ1n) is 4.98. The first kappa shape index (κ1) is 9.53. The third kappa shape index (κ3) is 1.22. The van der Waals surface area contributed by atoms with Crippen molar-refractivity contribution >= 4 is 0 Å². The van der Waals surface area contributed by atoms with Crippen LogP contribution in [0.5, 0.6) is 5.75 Å². The summed E-state index contributed by atoms with van der Waals surface area (Å²) in [5.74, 6) is 0.325. The van der Waals surface area contributed by atoms with Gasteiger partial charge in [-0.2, -0.15) is 0 Å². The summed E-state index contributed by atoms with van der Waals surface area (Å²) in [6.45, 7) is 5.75. The SMILES string of the molecule is Cc1cc(C)c(C2(O)CC2)c(C)c1O. The Hall–Kier alpha value is -1.02. The Morgan fingerprint density at radius 3 is 2.21 bits per heavy atom. The van der Waals surface area contributed by atoms with Crippen molar-refractivity contribution in [3.8, 4) is 5.75 Å². The number of benzene rings is 1. The van der Waals surface area contributed by atoms with Gasteiger partial charge in [-0.05, 0) is 55.9 Å². The lowest BCUT2D eigenvalue weighted by Crippen LogP contribution is -2.09. The van der Waals surface area contributed by atoms with E-state index in [0.717, 1.165) is 35.1 Å². The summed E-state index contributed by atoms with van der Waals surface area (Å²) in [4.78, 5) is 0. The summed E-state index contributed by atoms with van der Waals surface area (Å²) in [5, 5.41) is 19.9. The third-order valence-corrected chi connectivity index (χ3v) is 3.12. The molecule has 1 aliphatic carbocycles. The zero-order valence-corrected chi connectivity index (χ0v) is 8.89. The average molecular weight is 192 g/mol. The predicted molar refractivity (Wildman–Crippen MR) is 55.4 cm³/mol. The van der Waals surface area contributed by atoms with Gasteiger partial charge in [0, 0.05) is 0 Å². The van der Waals surface area contributed by atoms with Gasteiger partial charge in [-0.3, -0.25) is 0 Å². The zero-order valence-electron chi connectivity index (χ0n) is 8.89. The summed E-state index contributed by atoms with van der Waals surface area (Å²) in [7, 11) is 0. The first-order chi connectivity index (χ1) is 6.46. The highest BCUT2D eigenvalue weighted by molar-refractivity contribution is 5.52. The van der Waals surface area contributed by atoms with Crippen LogP contribution in [0.25, 0.3) is 0 Å². The van der Waals surface area contributed by atoms with E-state index in [1.807, 2.05) is 26.8 Å². The average Bonchev–Trinajstić information content (AvgIpc) is 2.80. The zero-order chi connectivity index (χ0) is 10.5. The van der Waals surface area contributed by atoms with E-state index in [-0.39, 0.29) is 0 Å². The van der Waals surface area contributed by atoms with Gasteiger partial charge < -0.3 is 10.2 Å². The third-order valence-electron chi connectivity index (χ3n) is 3.12. The Morgan fingerprint density at radius 2 is 1.71 bits per heavy atom. The maximum Gasteiger partial charge on any atom is 0.121 e. The van der Waals surface area contributed by atoms with Crippen LogP contribution in [0.3, 0.4) is 0 Å². The highest BCUT2D eigenvalue weighted by Gasteiger charge is 2.44. The van der Waals surface area contributed by atoms with Crippen LogP contribution in [0.15, 0.2) is 6.07 Å². The molecule has 2 rings (SSSR count). The van der Waals surface area contributed by atoms with E-state index in [4.69, 9.17) is 0 Å². The second kappa shape index (κ2) is 2.74. The fourth-order valence-electron chi connectivity index (χ4n) is 2.26. The normalized spacial score (nSPS) is 18.3. The molecule has 1 aromatic rings. The standard InChI is InChI=1S/C12H16O2/c1-7-6-8(2)11(13)9(3)10(7)12(14)4-5-12/h6,13-14H,4-5H2,1-3H3. The van der Waals surface area contributed by atoms with E-state index >= 15 is 0 Å². The van der Waals surface area contributed by atoms with Crippen LogP contribution in [0.4, 0.5) is 0 Å².